The van der Waals surface area contributed by atoms with Crippen LogP contribution in [0.3, 0.4) is 0 Å². The van der Waals surface area contributed by atoms with Gasteiger partial charge in [-0.25, -0.2) is 0 Å². The Hall–Kier alpha value is -1.84. The average Bonchev–Trinajstić information content (AvgIpc) is 2.24. The molecule has 0 spiro atoms. The third-order valence-electron chi connectivity index (χ3n) is 3.63. The van der Waals surface area contributed by atoms with Crippen LogP contribution in [-0.4, -0.2) is 23.0 Å². The minimum absolute atomic E-state index is 0.0841. The van der Waals surface area contributed by atoms with E-state index in [-0.39, 0.29) is 17.7 Å². The first kappa shape index (κ1) is 17.2. The van der Waals surface area contributed by atoms with Gasteiger partial charge < -0.3 is 10.4 Å². The van der Waals surface area contributed by atoms with Crippen LogP contribution in [0.2, 0.25) is 0 Å². The van der Waals surface area contributed by atoms with Gasteiger partial charge in [-0.15, -0.1) is 0 Å². The lowest BCUT2D eigenvalue weighted by Crippen LogP contribution is -2.45. The summed E-state index contributed by atoms with van der Waals surface area (Å²) in [7, 11) is 0. The Morgan fingerprint density at radius 3 is 2.00 bits per heavy atom. The van der Waals surface area contributed by atoms with Gasteiger partial charge in [0.2, 0.25) is 0 Å². The smallest absolute Gasteiger partial charge is 0.305 e. The van der Waals surface area contributed by atoms with E-state index in [0.717, 1.165) is 16.7 Å². The second kappa shape index (κ2) is 6.29. The van der Waals surface area contributed by atoms with Crippen LogP contribution in [0.15, 0.2) is 12.1 Å². The van der Waals surface area contributed by atoms with Crippen LogP contribution < -0.4 is 5.32 Å². The molecule has 116 valence electrons. The van der Waals surface area contributed by atoms with E-state index < -0.39 is 12.0 Å². The third kappa shape index (κ3) is 4.59. The van der Waals surface area contributed by atoms with Gasteiger partial charge in [-0.05, 0) is 37.3 Å². The van der Waals surface area contributed by atoms with Gasteiger partial charge in [-0.2, -0.15) is 0 Å². The lowest BCUT2D eigenvalue weighted by Gasteiger charge is -2.30. The molecule has 0 aliphatic heterocycles. The molecule has 2 N–H and O–H groups in total. The van der Waals surface area contributed by atoms with E-state index in [1.807, 2.05) is 53.7 Å². The molecular weight excluding hydrogens is 266 g/mol. The Morgan fingerprint density at radius 1 is 1.14 bits per heavy atom. The Bertz CT molecular complexity index is 533. The zero-order chi connectivity index (χ0) is 16.4. The van der Waals surface area contributed by atoms with Crippen molar-refractivity contribution in [3.8, 4) is 0 Å². The summed E-state index contributed by atoms with van der Waals surface area (Å²) < 4.78 is 0. The second-order valence-electron chi connectivity index (χ2n) is 6.76. The van der Waals surface area contributed by atoms with Crippen LogP contribution in [-0.2, 0) is 4.79 Å². The molecule has 1 atom stereocenters. The molecule has 1 aromatic carbocycles. The van der Waals surface area contributed by atoms with E-state index in [0.29, 0.717) is 5.56 Å². The molecule has 1 aromatic rings. The number of hydrogen-bond acceptors (Lipinski definition) is 2. The fourth-order valence-corrected chi connectivity index (χ4v) is 2.52. The molecule has 0 heterocycles. The molecule has 4 nitrogen and oxygen atoms in total. The molecule has 0 saturated heterocycles. The molecule has 4 heteroatoms. The van der Waals surface area contributed by atoms with Crippen LogP contribution in [0, 0.1) is 26.2 Å². The van der Waals surface area contributed by atoms with Gasteiger partial charge in [-0.3, -0.25) is 9.59 Å². The first-order chi connectivity index (χ1) is 9.52. The van der Waals surface area contributed by atoms with Crippen molar-refractivity contribution >= 4 is 11.9 Å². The Kier molecular flexibility index (Phi) is 5.15. The van der Waals surface area contributed by atoms with Gasteiger partial charge in [0.05, 0.1) is 6.42 Å². The molecule has 0 aliphatic rings. The van der Waals surface area contributed by atoms with E-state index >= 15 is 0 Å². The molecule has 1 unspecified atom stereocenters. The van der Waals surface area contributed by atoms with E-state index in [2.05, 4.69) is 5.32 Å². The van der Waals surface area contributed by atoms with Gasteiger partial charge in [0.1, 0.15) is 0 Å². The Labute approximate surface area is 126 Å². The van der Waals surface area contributed by atoms with Crippen LogP contribution in [0.1, 0.15) is 54.2 Å². The van der Waals surface area contributed by atoms with Crippen LogP contribution >= 0.6 is 0 Å². The lowest BCUT2D eigenvalue weighted by atomic mass is 9.84. The zero-order valence-electron chi connectivity index (χ0n) is 13.7. The number of carboxylic acid groups (broad SMARTS) is 1. The van der Waals surface area contributed by atoms with Gasteiger partial charge in [0.25, 0.3) is 5.91 Å². The average molecular weight is 291 g/mol. The maximum Gasteiger partial charge on any atom is 0.305 e. The number of nitrogens with one attached hydrogen (secondary N) is 1. The summed E-state index contributed by atoms with van der Waals surface area (Å²) >= 11 is 0. The topological polar surface area (TPSA) is 66.4 Å². The highest BCUT2D eigenvalue weighted by Crippen LogP contribution is 2.23. The van der Waals surface area contributed by atoms with Gasteiger partial charge in [-0.1, -0.05) is 38.5 Å². The number of carbonyl (C=O) groups is 2. The standard InChI is InChI=1S/C17H25NO3/c1-10-7-11(2)15(12(3)8-10)16(21)18-13(9-14(19)20)17(4,5)6/h7-8,13H,9H2,1-6H3,(H,18,21)(H,19,20). The zero-order valence-corrected chi connectivity index (χ0v) is 13.7. The predicted molar refractivity (Wildman–Crippen MR) is 83.6 cm³/mol. The van der Waals surface area contributed by atoms with Crippen molar-refractivity contribution in [1.29, 1.82) is 0 Å². The lowest BCUT2D eigenvalue weighted by molar-refractivity contribution is -0.138. The number of rotatable bonds is 4. The predicted octanol–water partition coefficient (Wildman–Crippen LogP) is 3.23. The van der Waals surface area contributed by atoms with Crippen LogP contribution in [0.25, 0.3) is 0 Å². The molecule has 1 amide bonds. The molecular formula is C17H25NO3. The highest BCUT2D eigenvalue weighted by atomic mass is 16.4. The first-order valence-corrected chi connectivity index (χ1v) is 7.13. The minimum Gasteiger partial charge on any atom is -0.481 e. The SMILES string of the molecule is Cc1cc(C)c(C(=O)NC(CC(=O)O)C(C)(C)C)c(C)c1. The molecule has 21 heavy (non-hydrogen) atoms. The molecule has 0 aromatic heterocycles. The number of benzene rings is 1. The first-order valence-electron chi connectivity index (χ1n) is 7.13. The molecule has 0 aliphatic carbocycles. The van der Waals surface area contributed by atoms with Crippen molar-refractivity contribution < 1.29 is 14.7 Å². The third-order valence-corrected chi connectivity index (χ3v) is 3.63. The molecule has 0 radical (unpaired) electrons. The maximum absolute atomic E-state index is 12.5. The van der Waals surface area contributed by atoms with Gasteiger partial charge in [0.15, 0.2) is 0 Å². The van der Waals surface area contributed by atoms with Crippen molar-refractivity contribution in [2.45, 2.75) is 54.0 Å². The van der Waals surface area contributed by atoms with Crippen molar-refractivity contribution in [3.63, 3.8) is 0 Å². The second-order valence-corrected chi connectivity index (χ2v) is 6.76. The summed E-state index contributed by atoms with van der Waals surface area (Å²) in [6.45, 7) is 11.6. The quantitative estimate of drug-likeness (QED) is 0.895. The summed E-state index contributed by atoms with van der Waals surface area (Å²) in [6, 6.07) is 3.51. The Morgan fingerprint density at radius 2 is 1.62 bits per heavy atom. The highest BCUT2D eigenvalue weighted by molar-refractivity contribution is 5.97. The summed E-state index contributed by atoms with van der Waals surface area (Å²) in [5.41, 5.74) is 3.25. The Balaban J connectivity index is 3.06. The van der Waals surface area contributed by atoms with Crippen molar-refractivity contribution in [2.24, 2.45) is 5.41 Å². The van der Waals surface area contributed by atoms with Crippen molar-refractivity contribution in [1.82, 2.24) is 5.32 Å². The normalized spacial score (nSPS) is 12.9. The van der Waals surface area contributed by atoms with Crippen molar-refractivity contribution in [3.05, 3.63) is 34.4 Å². The molecule has 0 saturated carbocycles. The van der Waals surface area contributed by atoms with Crippen LogP contribution in [0.5, 0.6) is 0 Å². The minimum atomic E-state index is -0.910. The van der Waals surface area contributed by atoms with Gasteiger partial charge in [0, 0.05) is 11.6 Å². The highest BCUT2D eigenvalue weighted by Gasteiger charge is 2.29. The van der Waals surface area contributed by atoms with Crippen LogP contribution in [0.4, 0.5) is 0 Å². The largest absolute Gasteiger partial charge is 0.481 e. The van der Waals surface area contributed by atoms with E-state index in [1.54, 1.807) is 0 Å². The fraction of sp³-hybridized carbons (Fsp3) is 0.529. The number of hydrogen-bond donors (Lipinski definition) is 2. The molecule has 0 bridgehead atoms. The monoisotopic (exact) mass is 291 g/mol. The number of carboxylic acids is 1. The molecule has 0 fully saturated rings. The van der Waals surface area contributed by atoms with Gasteiger partial charge >= 0.3 is 5.97 Å². The summed E-state index contributed by atoms with van der Waals surface area (Å²) in [4.78, 5) is 23.5. The van der Waals surface area contributed by atoms with E-state index in [1.165, 1.54) is 0 Å². The fourth-order valence-electron chi connectivity index (χ4n) is 2.52. The summed E-state index contributed by atoms with van der Waals surface area (Å²) in [5.74, 6) is -1.11. The number of amides is 1. The summed E-state index contributed by atoms with van der Waals surface area (Å²) in [6.07, 6.45) is -0.0841. The maximum atomic E-state index is 12.5. The van der Waals surface area contributed by atoms with Crippen molar-refractivity contribution in [2.75, 3.05) is 0 Å². The number of aryl methyl sites for hydroxylation is 3. The number of carbonyl (C=O) groups excluding carboxylic acids is 1. The summed E-state index contributed by atoms with van der Waals surface area (Å²) in [5, 5.41) is 11.9. The van der Waals surface area contributed by atoms with E-state index in [9.17, 15) is 9.59 Å². The molecule has 1 rings (SSSR count). The van der Waals surface area contributed by atoms with E-state index in [4.69, 9.17) is 5.11 Å². The number of aliphatic carboxylic acids is 1.